The Kier molecular flexibility index (Phi) is 7.06. The summed E-state index contributed by atoms with van der Waals surface area (Å²) in [6.45, 7) is 5.34. The third kappa shape index (κ3) is 5.00. The number of rotatable bonds is 7. The first-order chi connectivity index (χ1) is 17.5. The number of amides is 2. The van der Waals surface area contributed by atoms with Gasteiger partial charge in [-0.3, -0.25) is 19.2 Å². The lowest BCUT2D eigenvalue weighted by Crippen LogP contribution is -2.41. The maximum atomic E-state index is 13.3. The van der Waals surface area contributed by atoms with Gasteiger partial charge in [-0.2, -0.15) is 5.10 Å². The van der Waals surface area contributed by atoms with Gasteiger partial charge in [0.05, 0.1) is 26.9 Å². The van der Waals surface area contributed by atoms with Crippen molar-refractivity contribution in [3.63, 3.8) is 0 Å². The molecule has 1 saturated heterocycles. The summed E-state index contributed by atoms with van der Waals surface area (Å²) in [5.41, 5.74) is 3.02. The smallest absolute Gasteiger partial charge is 0.289 e. The van der Waals surface area contributed by atoms with E-state index in [-0.39, 0.29) is 17.6 Å². The minimum Gasteiger partial charge on any atom is -0.497 e. The van der Waals surface area contributed by atoms with E-state index < -0.39 is 0 Å². The van der Waals surface area contributed by atoms with Gasteiger partial charge in [0.1, 0.15) is 11.5 Å². The Balaban J connectivity index is 1.25. The molecule has 2 aliphatic rings. The third-order valence-electron chi connectivity index (χ3n) is 6.75. The van der Waals surface area contributed by atoms with Crippen molar-refractivity contribution in [2.45, 2.75) is 13.0 Å². The standard InChI is InChI=1S/C26H31N5O5/c1-29-21-9-11-31(26(33)23-8-7-22(36-23)18-3-5-19(34-2)6-4-18)17-20(21)24(28-29)25(32)27-10-12-30-13-15-35-16-14-30/h3-8H,9-17H2,1-2H3,(H,27,32). The van der Waals surface area contributed by atoms with Crippen molar-refractivity contribution in [2.24, 2.45) is 7.05 Å². The second kappa shape index (κ2) is 10.5. The van der Waals surface area contributed by atoms with Crippen LogP contribution in [-0.4, -0.2) is 84.4 Å². The number of ether oxygens (including phenoxy) is 2. The fourth-order valence-corrected chi connectivity index (χ4v) is 4.70. The Bertz CT molecular complexity index is 1230. The highest BCUT2D eigenvalue weighted by Crippen LogP contribution is 2.27. The lowest BCUT2D eigenvalue weighted by atomic mass is 10.0. The van der Waals surface area contributed by atoms with Crippen LogP contribution in [0.1, 0.15) is 32.3 Å². The van der Waals surface area contributed by atoms with Gasteiger partial charge in [-0.05, 0) is 36.4 Å². The predicted octanol–water partition coefficient (Wildman–Crippen LogP) is 1.95. The maximum absolute atomic E-state index is 13.3. The number of benzene rings is 1. The van der Waals surface area contributed by atoms with E-state index >= 15 is 0 Å². The van der Waals surface area contributed by atoms with Gasteiger partial charge in [0.15, 0.2) is 11.5 Å². The fourth-order valence-electron chi connectivity index (χ4n) is 4.70. The van der Waals surface area contributed by atoms with Crippen molar-refractivity contribution in [1.82, 2.24) is 24.9 Å². The molecule has 190 valence electrons. The van der Waals surface area contributed by atoms with Gasteiger partial charge < -0.3 is 24.1 Å². The van der Waals surface area contributed by atoms with E-state index in [0.717, 1.165) is 55.4 Å². The number of aromatic nitrogens is 2. The molecule has 0 aliphatic carbocycles. The molecule has 10 heteroatoms. The molecular formula is C26H31N5O5. The van der Waals surface area contributed by atoms with E-state index in [4.69, 9.17) is 13.9 Å². The van der Waals surface area contributed by atoms with E-state index in [0.29, 0.717) is 37.5 Å². The fraction of sp³-hybridized carbons (Fsp3) is 0.423. The number of morpholine rings is 1. The molecule has 4 heterocycles. The highest BCUT2D eigenvalue weighted by Gasteiger charge is 2.31. The zero-order chi connectivity index (χ0) is 25.1. The number of furan rings is 1. The van der Waals surface area contributed by atoms with Crippen LogP contribution in [0, 0.1) is 0 Å². The third-order valence-corrected chi connectivity index (χ3v) is 6.75. The van der Waals surface area contributed by atoms with Gasteiger partial charge >= 0.3 is 0 Å². The second-order valence-electron chi connectivity index (χ2n) is 8.98. The van der Waals surface area contributed by atoms with Crippen molar-refractivity contribution >= 4 is 11.8 Å². The summed E-state index contributed by atoms with van der Waals surface area (Å²) < 4.78 is 18.2. The number of aryl methyl sites for hydroxylation is 1. The number of carbonyl (C=O) groups excluding carboxylic acids is 2. The van der Waals surface area contributed by atoms with Gasteiger partial charge in [-0.1, -0.05) is 0 Å². The summed E-state index contributed by atoms with van der Waals surface area (Å²) in [6, 6.07) is 11.0. The molecule has 0 saturated carbocycles. The summed E-state index contributed by atoms with van der Waals surface area (Å²) in [7, 11) is 3.46. The molecule has 0 spiro atoms. The molecule has 2 aliphatic heterocycles. The lowest BCUT2D eigenvalue weighted by Gasteiger charge is -2.27. The normalized spacial score (nSPS) is 16.0. The van der Waals surface area contributed by atoms with Crippen molar-refractivity contribution in [1.29, 1.82) is 0 Å². The number of hydrogen-bond donors (Lipinski definition) is 1. The quantitative estimate of drug-likeness (QED) is 0.537. The Morgan fingerprint density at radius 3 is 2.61 bits per heavy atom. The summed E-state index contributed by atoms with van der Waals surface area (Å²) in [5.74, 6) is 1.21. The number of nitrogens with zero attached hydrogens (tertiary/aromatic N) is 4. The van der Waals surface area contributed by atoms with E-state index in [2.05, 4.69) is 15.3 Å². The van der Waals surface area contributed by atoms with Crippen LogP contribution in [0.3, 0.4) is 0 Å². The monoisotopic (exact) mass is 493 g/mol. The highest BCUT2D eigenvalue weighted by molar-refractivity contribution is 5.95. The van der Waals surface area contributed by atoms with Crippen LogP contribution >= 0.6 is 0 Å². The Morgan fingerprint density at radius 2 is 1.86 bits per heavy atom. The summed E-state index contributed by atoms with van der Waals surface area (Å²) >= 11 is 0. The predicted molar refractivity (Wildman–Crippen MR) is 132 cm³/mol. The summed E-state index contributed by atoms with van der Waals surface area (Å²) in [6.07, 6.45) is 0.623. The van der Waals surface area contributed by atoms with Crippen LogP contribution < -0.4 is 10.1 Å². The van der Waals surface area contributed by atoms with E-state index in [1.807, 2.05) is 31.3 Å². The molecule has 1 fully saturated rings. The van der Waals surface area contributed by atoms with Crippen LogP contribution in [0.15, 0.2) is 40.8 Å². The number of methoxy groups -OCH3 is 1. The maximum Gasteiger partial charge on any atom is 0.289 e. The van der Waals surface area contributed by atoms with E-state index in [1.54, 1.807) is 28.8 Å². The molecule has 2 amide bonds. The molecule has 0 bridgehead atoms. The molecule has 0 atom stereocenters. The van der Waals surface area contributed by atoms with Crippen LogP contribution in [0.25, 0.3) is 11.3 Å². The molecular weight excluding hydrogens is 462 g/mol. The first-order valence-corrected chi connectivity index (χ1v) is 12.2. The average Bonchev–Trinajstić information content (AvgIpc) is 3.54. The molecule has 1 N–H and O–H groups in total. The van der Waals surface area contributed by atoms with Crippen LogP contribution in [0.5, 0.6) is 5.75 Å². The van der Waals surface area contributed by atoms with E-state index in [1.165, 1.54) is 0 Å². The number of nitrogens with one attached hydrogen (secondary N) is 1. The van der Waals surface area contributed by atoms with Crippen LogP contribution in [0.4, 0.5) is 0 Å². The van der Waals surface area contributed by atoms with Crippen molar-refractivity contribution < 1.29 is 23.5 Å². The highest BCUT2D eigenvalue weighted by atomic mass is 16.5. The van der Waals surface area contributed by atoms with Gasteiger partial charge in [-0.25, -0.2) is 0 Å². The summed E-state index contributed by atoms with van der Waals surface area (Å²) in [5, 5.41) is 7.47. The van der Waals surface area contributed by atoms with Gasteiger partial charge in [0, 0.05) is 63.0 Å². The molecule has 3 aromatic rings. The molecule has 1 aromatic carbocycles. The molecule has 5 rings (SSSR count). The number of carbonyl (C=O) groups is 2. The lowest BCUT2D eigenvalue weighted by molar-refractivity contribution is 0.0383. The van der Waals surface area contributed by atoms with Crippen molar-refractivity contribution in [3.8, 4) is 17.1 Å². The van der Waals surface area contributed by atoms with Crippen molar-refractivity contribution in [2.75, 3.05) is 53.0 Å². The molecule has 0 radical (unpaired) electrons. The van der Waals surface area contributed by atoms with Crippen molar-refractivity contribution in [3.05, 3.63) is 59.1 Å². The van der Waals surface area contributed by atoms with Gasteiger partial charge in [0.25, 0.3) is 11.8 Å². The SMILES string of the molecule is COc1ccc(-c2ccc(C(=O)N3CCc4c(c(C(=O)NCCN5CCOCC5)nn4C)C3)o2)cc1. The second-order valence-corrected chi connectivity index (χ2v) is 8.98. The minimum atomic E-state index is -0.214. The zero-order valence-electron chi connectivity index (χ0n) is 20.7. The minimum absolute atomic E-state index is 0.206. The Morgan fingerprint density at radius 1 is 1.08 bits per heavy atom. The molecule has 2 aromatic heterocycles. The summed E-state index contributed by atoms with van der Waals surface area (Å²) in [4.78, 5) is 30.2. The van der Waals surface area contributed by atoms with E-state index in [9.17, 15) is 9.59 Å². The molecule has 36 heavy (non-hydrogen) atoms. The first kappa shape index (κ1) is 24.1. The number of fused-ring (bicyclic) bond motifs is 1. The molecule has 10 nitrogen and oxygen atoms in total. The zero-order valence-corrected chi connectivity index (χ0v) is 20.7. The number of hydrogen-bond acceptors (Lipinski definition) is 7. The molecule has 0 unspecified atom stereocenters. The van der Waals surface area contributed by atoms with Gasteiger partial charge in [-0.15, -0.1) is 0 Å². The largest absolute Gasteiger partial charge is 0.497 e. The first-order valence-electron chi connectivity index (χ1n) is 12.2. The Hall–Kier alpha value is -3.63. The average molecular weight is 494 g/mol. The Labute approximate surface area is 209 Å². The topological polar surface area (TPSA) is 102 Å². The van der Waals surface area contributed by atoms with Gasteiger partial charge in [0.2, 0.25) is 0 Å². The van der Waals surface area contributed by atoms with Crippen LogP contribution in [-0.2, 0) is 24.8 Å². The van der Waals surface area contributed by atoms with Crippen LogP contribution in [0.2, 0.25) is 0 Å².